The van der Waals surface area contributed by atoms with E-state index in [0.29, 0.717) is 10.9 Å². The highest BCUT2D eigenvalue weighted by molar-refractivity contribution is 8.00. The predicted molar refractivity (Wildman–Crippen MR) is 98.6 cm³/mol. The molecule has 26 heavy (non-hydrogen) atoms. The van der Waals surface area contributed by atoms with Crippen molar-refractivity contribution in [1.82, 2.24) is 9.55 Å². The molecule has 0 atom stereocenters. The number of aromatic nitrogens is 2. The molecule has 2 aromatic carbocycles. The smallest absolute Gasteiger partial charge is 0.316 e. The first-order chi connectivity index (χ1) is 12.7. The molecular weight excluding hydrogens is 350 g/mol. The molecule has 0 aliphatic carbocycles. The minimum absolute atomic E-state index is 0.150. The molecule has 0 unspecified atom stereocenters. The van der Waals surface area contributed by atoms with Crippen molar-refractivity contribution in [3.05, 3.63) is 70.8 Å². The number of esters is 1. The number of carbonyl (C=O) groups is 1. The number of para-hydroxylation sites is 1. The first kappa shape index (κ1) is 17.7. The lowest BCUT2D eigenvalue weighted by Crippen LogP contribution is -2.26. The number of nitriles is 1. The fourth-order valence-electron chi connectivity index (χ4n) is 2.40. The summed E-state index contributed by atoms with van der Waals surface area (Å²) in [7, 11) is 0. The minimum Gasteiger partial charge on any atom is -0.457 e. The predicted octanol–water partition coefficient (Wildman–Crippen LogP) is 2.76. The molecule has 130 valence electrons. The van der Waals surface area contributed by atoms with Crippen molar-refractivity contribution in [2.24, 2.45) is 0 Å². The average Bonchev–Trinajstić information content (AvgIpc) is 2.68. The van der Waals surface area contributed by atoms with Gasteiger partial charge in [-0.25, -0.2) is 4.98 Å². The molecule has 3 aromatic rings. The van der Waals surface area contributed by atoms with E-state index in [-0.39, 0.29) is 30.3 Å². The van der Waals surface area contributed by atoms with Crippen LogP contribution in [-0.4, -0.2) is 21.3 Å². The highest BCUT2D eigenvalue weighted by Crippen LogP contribution is 2.17. The molecule has 0 aliphatic rings. The lowest BCUT2D eigenvalue weighted by atomic mass is 10.2. The summed E-state index contributed by atoms with van der Waals surface area (Å²) in [5.74, 6) is -0.00170. The topological polar surface area (TPSA) is 85.0 Å². The molecule has 0 aliphatic heterocycles. The molecule has 0 radical (unpaired) electrons. The molecule has 0 fully saturated rings. The van der Waals surface area contributed by atoms with Crippen LogP contribution in [0.4, 0.5) is 0 Å². The molecule has 0 saturated heterocycles. The second kappa shape index (κ2) is 8.32. The number of rotatable bonds is 6. The van der Waals surface area contributed by atoms with Gasteiger partial charge in [-0.1, -0.05) is 30.3 Å². The Balaban J connectivity index is 1.73. The molecule has 0 amide bonds. The van der Waals surface area contributed by atoms with E-state index >= 15 is 0 Å². The number of ether oxygens (including phenoxy) is 1. The SMILES string of the molecule is N#CCn1c(COC(=O)CSc2ccccc2)nc2ccccc2c1=O. The zero-order valence-electron chi connectivity index (χ0n) is 13.8. The third kappa shape index (κ3) is 4.10. The van der Waals surface area contributed by atoms with Crippen LogP contribution in [0.25, 0.3) is 10.9 Å². The monoisotopic (exact) mass is 365 g/mol. The molecule has 7 heteroatoms. The maximum absolute atomic E-state index is 12.5. The molecule has 6 nitrogen and oxygen atoms in total. The van der Waals surface area contributed by atoms with Crippen LogP contribution in [0, 0.1) is 11.3 Å². The van der Waals surface area contributed by atoms with Gasteiger partial charge in [-0.2, -0.15) is 5.26 Å². The number of fused-ring (bicyclic) bond motifs is 1. The van der Waals surface area contributed by atoms with Gasteiger partial charge in [-0.15, -0.1) is 11.8 Å². The summed E-state index contributed by atoms with van der Waals surface area (Å²) in [5.41, 5.74) is 0.193. The van der Waals surface area contributed by atoms with Crippen LogP contribution >= 0.6 is 11.8 Å². The van der Waals surface area contributed by atoms with Crippen LogP contribution in [0.3, 0.4) is 0 Å². The Morgan fingerprint density at radius 3 is 2.65 bits per heavy atom. The second-order valence-electron chi connectivity index (χ2n) is 5.36. The van der Waals surface area contributed by atoms with Gasteiger partial charge in [0.25, 0.3) is 5.56 Å². The van der Waals surface area contributed by atoms with Crippen molar-refractivity contribution in [2.75, 3.05) is 5.75 Å². The van der Waals surface area contributed by atoms with E-state index in [4.69, 9.17) is 10.00 Å². The normalized spacial score (nSPS) is 10.4. The largest absolute Gasteiger partial charge is 0.457 e. The lowest BCUT2D eigenvalue weighted by Gasteiger charge is -2.11. The van der Waals surface area contributed by atoms with Crippen molar-refractivity contribution in [3.63, 3.8) is 0 Å². The minimum atomic E-state index is -0.412. The summed E-state index contributed by atoms with van der Waals surface area (Å²) in [5, 5.41) is 9.41. The van der Waals surface area contributed by atoms with E-state index in [1.807, 2.05) is 36.4 Å². The zero-order valence-corrected chi connectivity index (χ0v) is 14.6. The van der Waals surface area contributed by atoms with Gasteiger partial charge in [0.15, 0.2) is 5.82 Å². The molecular formula is C19H15N3O3S. The van der Waals surface area contributed by atoms with Gasteiger partial charge in [0, 0.05) is 4.90 Å². The highest BCUT2D eigenvalue weighted by atomic mass is 32.2. The van der Waals surface area contributed by atoms with Crippen LogP contribution in [0.15, 0.2) is 64.3 Å². The number of thioether (sulfide) groups is 1. The van der Waals surface area contributed by atoms with Crippen LogP contribution in [0.5, 0.6) is 0 Å². The van der Waals surface area contributed by atoms with Crippen molar-refractivity contribution in [1.29, 1.82) is 5.26 Å². The summed E-state index contributed by atoms with van der Waals surface area (Å²) in [6.45, 7) is -0.307. The molecule has 3 rings (SSSR count). The van der Waals surface area contributed by atoms with Gasteiger partial charge in [-0.05, 0) is 24.3 Å². The quantitative estimate of drug-likeness (QED) is 0.493. The Labute approximate surface area is 154 Å². The van der Waals surface area contributed by atoms with E-state index in [2.05, 4.69) is 4.98 Å². The van der Waals surface area contributed by atoms with Crippen molar-refractivity contribution < 1.29 is 9.53 Å². The van der Waals surface area contributed by atoms with Crippen LogP contribution in [0.1, 0.15) is 5.82 Å². The molecule has 1 heterocycles. The average molecular weight is 365 g/mol. The van der Waals surface area contributed by atoms with Gasteiger partial charge in [-0.3, -0.25) is 14.2 Å². The first-order valence-corrected chi connectivity index (χ1v) is 8.86. The van der Waals surface area contributed by atoms with Crippen molar-refractivity contribution >= 4 is 28.6 Å². The van der Waals surface area contributed by atoms with E-state index in [1.165, 1.54) is 16.3 Å². The van der Waals surface area contributed by atoms with Crippen LogP contribution in [0.2, 0.25) is 0 Å². The van der Waals surface area contributed by atoms with Gasteiger partial charge in [0.2, 0.25) is 0 Å². The first-order valence-electron chi connectivity index (χ1n) is 7.88. The maximum Gasteiger partial charge on any atom is 0.316 e. The third-order valence-electron chi connectivity index (χ3n) is 3.63. The van der Waals surface area contributed by atoms with Crippen LogP contribution < -0.4 is 5.56 Å². The Hall–Kier alpha value is -3.11. The van der Waals surface area contributed by atoms with Gasteiger partial charge >= 0.3 is 5.97 Å². The second-order valence-corrected chi connectivity index (χ2v) is 6.41. The summed E-state index contributed by atoms with van der Waals surface area (Å²) < 4.78 is 6.49. The number of benzene rings is 2. The summed E-state index contributed by atoms with van der Waals surface area (Å²) in [6.07, 6.45) is 0. The number of nitrogens with zero attached hydrogens (tertiary/aromatic N) is 3. The Morgan fingerprint density at radius 1 is 1.15 bits per heavy atom. The van der Waals surface area contributed by atoms with Crippen LogP contribution in [-0.2, 0) is 22.7 Å². The fraction of sp³-hybridized carbons (Fsp3) is 0.158. The molecule has 0 N–H and O–H groups in total. The maximum atomic E-state index is 12.5. The van der Waals surface area contributed by atoms with E-state index in [0.717, 1.165) is 4.90 Å². The molecule has 0 bridgehead atoms. The summed E-state index contributed by atoms with van der Waals surface area (Å²) in [4.78, 5) is 29.8. The highest BCUT2D eigenvalue weighted by Gasteiger charge is 2.13. The fourth-order valence-corrected chi connectivity index (χ4v) is 3.12. The number of hydrogen-bond acceptors (Lipinski definition) is 6. The molecule has 0 saturated carbocycles. The summed E-state index contributed by atoms with van der Waals surface area (Å²) >= 11 is 1.37. The van der Waals surface area contributed by atoms with Crippen molar-refractivity contribution in [3.8, 4) is 6.07 Å². The zero-order chi connectivity index (χ0) is 18.4. The van der Waals surface area contributed by atoms with E-state index in [1.54, 1.807) is 24.3 Å². The van der Waals surface area contributed by atoms with Gasteiger partial charge < -0.3 is 4.74 Å². The lowest BCUT2D eigenvalue weighted by molar-refractivity contribution is -0.142. The summed E-state index contributed by atoms with van der Waals surface area (Å²) in [6, 6.07) is 18.3. The standard InChI is InChI=1S/C19H15N3O3S/c20-10-11-22-17(21-16-9-5-4-8-15(16)19(22)24)12-25-18(23)13-26-14-6-2-1-3-7-14/h1-9H,11-13H2. The van der Waals surface area contributed by atoms with Gasteiger partial charge in [0.1, 0.15) is 13.2 Å². The Bertz CT molecular complexity index is 1030. The van der Waals surface area contributed by atoms with E-state index < -0.39 is 5.97 Å². The van der Waals surface area contributed by atoms with Crippen molar-refractivity contribution in [2.45, 2.75) is 18.0 Å². The molecule has 1 aromatic heterocycles. The van der Waals surface area contributed by atoms with E-state index in [9.17, 15) is 9.59 Å². The number of carbonyl (C=O) groups excluding carboxylic acids is 1. The number of hydrogen-bond donors (Lipinski definition) is 0. The Kier molecular flexibility index (Phi) is 5.66. The van der Waals surface area contributed by atoms with Gasteiger partial charge in [0.05, 0.1) is 22.7 Å². The Morgan fingerprint density at radius 2 is 1.88 bits per heavy atom. The third-order valence-corrected chi connectivity index (χ3v) is 4.62. The molecule has 0 spiro atoms.